The third-order valence-corrected chi connectivity index (χ3v) is 4.20. The van der Waals surface area contributed by atoms with E-state index in [1.165, 1.54) is 0 Å². The minimum Gasteiger partial charge on any atom is -0.355 e. The first-order valence-corrected chi connectivity index (χ1v) is 8.35. The number of amides is 2. The number of likely N-dealkylation sites (tertiary alicyclic amines) is 1. The van der Waals surface area contributed by atoms with E-state index in [1.54, 1.807) is 6.20 Å². The summed E-state index contributed by atoms with van der Waals surface area (Å²) in [4.78, 5) is 30.6. The van der Waals surface area contributed by atoms with Gasteiger partial charge in [0.25, 0.3) is 0 Å². The lowest BCUT2D eigenvalue weighted by molar-refractivity contribution is -0.142. The van der Waals surface area contributed by atoms with E-state index in [9.17, 15) is 9.59 Å². The van der Waals surface area contributed by atoms with Crippen LogP contribution in [0.15, 0.2) is 24.4 Å². The van der Waals surface area contributed by atoms with E-state index in [0.29, 0.717) is 19.6 Å². The first kappa shape index (κ1) is 17.4. The van der Waals surface area contributed by atoms with Gasteiger partial charge in [0.05, 0.1) is 0 Å². The topological polar surface area (TPSA) is 62.3 Å². The van der Waals surface area contributed by atoms with Gasteiger partial charge in [0, 0.05) is 49.3 Å². The Morgan fingerprint density at radius 2 is 1.96 bits per heavy atom. The Labute approximate surface area is 138 Å². The van der Waals surface area contributed by atoms with Crippen LogP contribution in [0.4, 0.5) is 0 Å². The molecule has 0 spiro atoms. The number of nitrogens with one attached hydrogen (secondary N) is 1. The van der Waals surface area contributed by atoms with Gasteiger partial charge in [-0.15, -0.1) is 0 Å². The molecule has 2 rings (SSSR count). The van der Waals surface area contributed by atoms with Gasteiger partial charge in [0.15, 0.2) is 0 Å². The van der Waals surface area contributed by atoms with Crippen molar-refractivity contribution in [2.24, 2.45) is 11.3 Å². The SMILES string of the molecule is CC(C)(C)C(=O)N1CCC(C(=O)NCCc2ccccn2)CC1. The molecule has 0 aromatic carbocycles. The smallest absolute Gasteiger partial charge is 0.227 e. The van der Waals surface area contributed by atoms with Crippen molar-refractivity contribution in [2.45, 2.75) is 40.0 Å². The number of carbonyl (C=O) groups excluding carboxylic acids is 2. The number of carbonyl (C=O) groups is 2. The van der Waals surface area contributed by atoms with Crippen LogP contribution in [0.25, 0.3) is 0 Å². The minimum absolute atomic E-state index is 0.0164. The summed E-state index contributed by atoms with van der Waals surface area (Å²) in [7, 11) is 0. The average Bonchev–Trinajstić information content (AvgIpc) is 2.54. The van der Waals surface area contributed by atoms with Crippen LogP contribution in [0.5, 0.6) is 0 Å². The van der Waals surface area contributed by atoms with Crippen LogP contribution >= 0.6 is 0 Å². The summed E-state index contributed by atoms with van der Waals surface area (Å²) in [5, 5.41) is 2.99. The molecule has 1 N–H and O–H groups in total. The number of aromatic nitrogens is 1. The molecule has 126 valence electrons. The van der Waals surface area contributed by atoms with Gasteiger partial charge in [0.2, 0.25) is 11.8 Å². The molecule has 2 heterocycles. The summed E-state index contributed by atoms with van der Waals surface area (Å²) in [6.45, 7) is 7.77. The second kappa shape index (κ2) is 7.57. The maximum atomic E-state index is 12.2. The van der Waals surface area contributed by atoms with E-state index in [4.69, 9.17) is 0 Å². The molecule has 1 aromatic heterocycles. The maximum Gasteiger partial charge on any atom is 0.227 e. The van der Waals surface area contributed by atoms with Crippen molar-refractivity contribution in [1.82, 2.24) is 15.2 Å². The van der Waals surface area contributed by atoms with Crippen molar-refractivity contribution in [3.05, 3.63) is 30.1 Å². The standard InChI is InChI=1S/C18H27N3O2/c1-18(2,3)17(23)21-12-8-14(9-13-21)16(22)20-11-7-15-6-4-5-10-19-15/h4-6,10,14H,7-9,11-13H2,1-3H3,(H,20,22). The third-order valence-electron chi connectivity index (χ3n) is 4.20. The molecule has 1 aliphatic rings. The fourth-order valence-electron chi connectivity index (χ4n) is 2.82. The minimum atomic E-state index is -0.349. The molecule has 23 heavy (non-hydrogen) atoms. The van der Waals surface area contributed by atoms with Crippen LogP contribution in [0.1, 0.15) is 39.3 Å². The molecule has 2 amide bonds. The second-order valence-corrected chi connectivity index (χ2v) is 7.18. The maximum absolute atomic E-state index is 12.2. The van der Waals surface area contributed by atoms with E-state index in [2.05, 4.69) is 10.3 Å². The Morgan fingerprint density at radius 3 is 2.52 bits per heavy atom. The molecule has 1 fully saturated rings. The Balaban J connectivity index is 1.72. The summed E-state index contributed by atoms with van der Waals surface area (Å²) < 4.78 is 0. The van der Waals surface area contributed by atoms with E-state index < -0.39 is 0 Å². The molecule has 0 bridgehead atoms. The molecule has 0 radical (unpaired) electrons. The first-order chi connectivity index (χ1) is 10.9. The highest BCUT2D eigenvalue weighted by Crippen LogP contribution is 2.23. The van der Waals surface area contributed by atoms with Crippen molar-refractivity contribution < 1.29 is 9.59 Å². The number of nitrogens with zero attached hydrogens (tertiary/aromatic N) is 2. The number of hydrogen-bond donors (Lipinski definition) is 1. The van der Waals surface area contributed by atoms with Crippen LogP contribution in [0.3, 0.4) is 0 Å². The molecule has 1 saturated heterocycles. The van der Waals surface area contributed by atoms with Crippen LogP contribution < -0.4 is 5.32 Å². The zero-order valence-corrected chi connectivity index (χ0v) is 14.3. The van der Waals surface area contributed by atoms with E-state index in [1.807, 2.05) is 43.9 Å². The second-order valence-electron chi connectivity index (χ2n) is 7.18. The molecule has 0 saturated carbocycles. The lowest BCUT2D eigenvalue weighted by atomic mass is 9.90. The summed E-state index contributed by atoms with van der Waals surface area (Å²) in [5.41, 5.74) is 0.635. The Kier molecular flexibility index (Phi) is 5.74. The van der Waals surface area contributed by atoms with E-state index in [0.717, 1.165) is 25.0 Å². The zero-order valence-electron chi connectivity index (χ0n) is 14.3. The van der Waals surface area contributed by atoms with Crippen LogP contribution in [-0.2, 0) is 16.0 Å². The Bertz CT molecular complexity index is 529. The molecule has 1 aliphatic heterocycles. The van der Waals surface area contributed by atoms with Crippen LogP contribution in [0.2, 0.25) is 0 Å². The van der Waals surface area contributed by atoms with Gasteiger partial charge >= 0.3 is 0 Å². The van der Waals surface area contributed by atoms with Gasteiger partial charge in [-0.1, -0.05) is 26.8 Å². The van der Waals surface area contributed by atoms with Crippen LogP contribution in [0, 0.1) is 11.3 Å². The Morgan fingerprint density at radius 1 is 1.26 bits per heavy atom. The first-order valence-electron chi connectivity index (χ1n) is 8.35. The fraction of sp³-hybridized carbons (Fsp3) is 0.611. The number of piperidine rings is 1. The van der Waals surface area contributed by atoms with E-state index in [-0.39, 0.29) is 23.1 Å². The molecule has 0 aliphatic carbocycles. The summed E-state index contributed by atoms with van der Waals surface area (Å²) >= 11 is 0. The molecule has 0 atom stereocenters. The summed E-state index contributed by atoms with van der Waals surface area (Å²) in [6.07, 6.45) is 4.00. The molecular formula is C18H27N3O2. The summed E-state index contributed by atoms with van der Waals surface area (Å²) in [6, 6.07) is 5.80. The predicted molar refractivity (Wildman–Crippen MR) is 89.7 cm³/mol. The number of pyridine rings is 1. The predicted octanol–water partition coefficient (Wildman–Crippen LogP) is 2.02. The quantitative estimate of drug-likeness (QED) is 0.924. The van der Waals surface area contributed by atoms with Crippen molar-refractivity contribution in [2.75, 3.05) is 19.6 Å². The molecule has 5 nitrogen and oxygen atoms in total. The van der Waals surface area contributed by atoms with Gasteiger partial charge in [-0.2, -0.15) is 0 Å². The average molecular weight is 317 g/mol. The van der Waals surface area contributed by atoms with Crippen LogP contribution in [-0.4, -0.2) is 41.3 Å². The summed E-state index contributed by atoms with van der Waals surface area (Å²) in [5.74, 6) is 0.290. The van der Waals surface area contributed by atoms with Crippen molar-refractivity contribution in [3.8, 4) is 0 Å². The Hall–Kier alpha value is -1.91. The molecular weight excluding hydrogens is 290 g/mol. The molecule has 5 heteroatoms. The normalized spacial score (nSPS) is 16.2. The lowest BCUT2D eigenvalue weighted by Gasteiger charge is -2.35. The molecule has 1 aromatic rings. The third kappa shape index (κ3) is 5.05. The van der Waals surface area contributed by atoms with Gasteiger partial charge in [-0.25, -0.2) is 0 Å². The van der Waals surface area contributed by atoms with Crippen molar-refractivity contribution >= 4 is 11.8 Å². The largest absolute Gasteiger partial charge is 0.355 e. The van der Waals surface area contributed by atoms with Crippen molar-refractivity contribution in [3.63, 3.8) is 0 Å². The van der Waals surface area contributed by atoms with Gasteiger partial charge in [0.1, 0.15) is 0 Å². The van der Waals surface area contributed by atoms with E-state index >= 15 is 0 Å². The fourth-order valence-corrected chi connectivity index (χ4v) is 2.82. The van der Waals surface area contributed by atoms with Crippen molar-refractivity contribution in [1.29, 1.82) is 0 Å². The zero-order chi connectivity index (χ0) is 16.9. The monoisotopic (exact) mass is 317 g/mol. The molecule has 0 unspecified atom stereocenters. The van der Waals surface area contributed by atoms with Gasteiger partial charge in [-0.05, 0) is 25.0 Å². The highest BCUT2D eigenvalue weighted by atomic mass is 16.2. The highest BCUT2D eigenvalue weighted by Gasteiger charge is 2.32. The van der Waals surface area contributed by atoms with Gasteiger partial charge in [-0.3, -0.25) is 14.6 Å². The van der Waals surface area contributed by atoms with Gasteiger partial charge < -0.3 is 10.2 Å². The lowest BCUT2D eigenvalue weighted by Crippen LogP contribution is -2.46. The number of hydrogen-bond acceptors (Lipinski definition) is 3. The number of rotatable bonds is 4. The highest BCUT2D eigenvalue weighted by molar-refractivity contribution is 5.82.